The molecule has 0 spiro atoms. The summed E-state index contributed by atoms with van der Waals surface area (Å²) in [6.07, 6.45) is 4.47. The standard InChI is InChI=1S/C19H28N2O/c1-3-16-5-7-17(8-6-16)15-20-11-13-21(14-12-20)18(22)19(2)9-4-10-19/h5-8H,3-4,9-15H2,1-2H3. The van der Waals surface area contributed by atoms with Crippen LogP contribution in [0.3, 0.4) is 0 Å². The van der Waals surface area contributed by atoms with Gasteiger partial charge in [-0.2, -0.15) is 0 Å². The van der Waals surface area contributed by atoms with E-state index in [0.717, 1.165) is 52.0 Å². The molecule has 1 saturated carbocycles. The molecule has 1 saturated heterocycles. The second kappa shape index (κ2) is 6.41. The molecule has 1 aliphatic heterocycles. The number of amides is 1. The average Bonchev–Trinajstić information content (AvgIpc) is 2.53. The molecule has 1 aliphatic carbocycles. The molecule has 3 heteroatoms. The smallest absolute Gasteiger partial charge is 0.228 e. The first kappa shape index (κ1) is 15.5. The molecular weight excluding hydrogens is 272 g/mol. The molecule has 120 valence electrons. The van der Waals surface area contributed by atoms with Crippen LogP contribution in [0.2, 0.25) is 0 Å². The van der Waals surface area contributed by atoms with E-state index in [0.29, 0.717) is 5.91 Å². The highest BCUT2D eigenvalue weighted by molar-refractivity contribution is 5.83. The lowest BCUT2D eigenvalue weighted by Crippen LogP contribution is -2.53. The molecule has 0 N–H and O–H groups in total. The first-order chi connectivity index (χ1) is 10.6. The predicted molar refractivity (Wildman–Crippen MR) is 89.6 cm³/mol. The zero-order valence-corrected chi connectivity index (χ0v) is 14.0. The molecule has 2 aliphatic rings. The molecule has 1 heterocycles. The van der Waals surface area contributed by atoms with E-state index in [2.05, 4.69) is 47.9 Å². The number of hydrogen-bond acceptors (Lipinski definition) is 2. The Bertz CT molecular complexity index is 511. The van der Waals surface area contributed by atoms with E-state index in [1.54, 1.807) is 0 Å². The van der Waals surface area contributed by atoms with Crippen LogP contribution in [0.4, 0.5) is 0 Å². The van der Waals surface area contributed by atoms with Crippen molar-refractivity contribution in [3.8, 4) is 0 Å². The average molecular weight is 300 g/mol. The highest BCUT2D eigenvalue weighted by atomic mass is 16.2. The van der Waals surface area contributed by atoms with Gasteiger partial charge in [0.1, 0.15) is 0 Å². The maximum Gasteiger partial charge on any atom is 0.228 e. The minimum absolute atomic E-state index is 0.0435. The SMILES string of the molecule is CCc1ccc(CN2CCN(C(=O)C3(C)CCC3)CC2)cc1. The van der Waals surface area contributed by atoms with Crippen LogP contribution in [0.15, 0.2) is 24.3 Å². The third kappa shape index (κ3) is 3.19. The summed E-state index contributed by atoms with van der Waals surface area (Å²) in [6, 6.07) is 8.94. The van der Waals surface area contributed by atoms with Crippen molar-refractivity contribution < 1.29 is 4.79 Å². The maximum absolute atomic E-state index is 12.5. The molecule has 2 fully saturated rings. The second-order valence-corrected chi connectivity index (χ2v) is 7.15. The highest BCUT2D eigenvalue weighted by Gasteiger charge is 2.42. The zero-order chi connectivity index (χ0) is 15.6. The molecule has 3 rings (SSSR count). The van der Waals surface area contributed by atoms with Gasteiger partial charge in [-0.25, -0.2) is 0 Å². The molecule has 0 radical (unpaired) electrons. The van der Waals surface area contributed by atoms with Crippen LogP contribution in [0.25, 0.3) is 0 Å². The van der Waals surface area contributed by atoms with Gasteiger partial charge in [-0.3, -0.25) is 9.69 Å². The second-order valence-electron chi connectivity index (χ2n) is 7.15. The molecule has 0 aromatic heterocycles. The molecule has 0 unspecified atom stereocenters. The summed E-state index contributed by atoms with van der Waals surface area (Å²) in [5.41, 5.74) is 2.73. The van der Waals surface area contributed by atoms with Crippen molar-refractivity contribution in [1.29, 1.82) is 0 Å². The van der Waals surface area contributed by atoms with Gasteiger partial charge in [-0.15, -0.1) is 0 Å². The van der Waals surface area contributed by atoms with Crippen LogP contribution in [0.1, 0.15) is 44.2 Å². The highest BCUT2D eigenvalue weighted by Crippen LogP contribution is 2.42. The van der Waals surface area contributed by atoms with Gasteiger partial charge >= 0.3 is 0 Å². The lowest BCUT2D eigenvalue weighted by Gasteiger charge is -2.43. The summed E-state index contributed by atoms with van der Waals surface area (Å²) >= 11 is 0. The predicted octanol–water partition coefficient (Wildman–Crippen LogP) is 3.08. The summed E-state index contributed by atoms with van der Waals surface area (Å²) in [5.74, 6) is 0.394. The zero-order valence-electron chi connectivity index (χ0n) is 14.0. The Labute approximate surface area is 134 Å². The Morgan fingerprint density at radius 2 is 1.64 bits per heavy atom. The van der Waals surface area contributed by atoms with Crippen molar-refractivity contribution in [3.05, 3.63) is 35.4 Å². The number of hydrogen-bond donors (Lipinski definition) is 0. The summed E-state index contributed by atoms with van der Waals surface area (Å²) in [4.78, 5) is 17.1. The van der Waals surface area contributed by atoms with E-state index < -0.39 is 0 Å². The first-order valence-corrected chi connectivity index (χ1v) is 8.70. The lowest BCUT2D eigenvalue weighted by molar-refractivity contribution is -0.147. The Kier molecular flexibility index (Phi) is 4.53. The van der Waals surface area contributed by atoms with Gasteiger partial charge in [0, 0.05) is 38.1 Å². The van der Waals surface area contributed by atoms with Gasteiger partial charge in [-0.1, -0.05) is 44.5 Å². The van der Waals surface area contributed by atoms with Gasteiger partial charge in [0.2, 0.25) is 5.91 Å². The van der Waals surface area contributed by atoms with E-state index in [4.69, 9.17) is 0 Å². The van der Waals surface area contributed by atoms with Gasteiger partial charge in [0.15, 0.2) is 0 Å². The van der Waals surface area contributed by atoms with E-state index >= 15 is 0 Å². The van der Waals surface area contributed by atoms with Crippen molar-refractivity contribution in [2.75, 3.05) is 26.2 Å². The number of nitrogens with zero attached hydrogens (tertiary/aromatic N) is 2. The Morgan fingerprint density at radius 3 is 2.14 bits per heavy atom. The molecule has 1 aromatic rings. The lowest BCUT2D eigenvalue weighted by atomic mass is 9.69. The minimum Gasteiger partial charge on any atom is -0.340 e. The Balaban J connectivity index is 1.50. The quantitative estimate of drug-likeness (QED) is 0.853. The number of carbonyl (C=O) groups excluding carboxylic acids is 1. The van der Waals surface area contributed by atoms with Crippen LogP contribution in [0, 0.1) is 5.41 Å². The molecule has 0 bridgehead atoms. The summed E-state index contributed by atoms with van der Waals surface area (Å²) in [6.45, 7) is 9.11. The topological polar surface area (TPSA) is 23.6 Å². The third-order valence-electron chi connectivity index (χ3n) is 5.47. The van der Waals surface area contributed by atoms with Crippen molar-refractivity contribution >= 4 is 5.91 Å². The van der Waals surface area contributed by atoms with Crippen LogP contribution in [-0.2, 0) is 17.8 Å². The summed E-state index contributed by atoms with van der Waals surface area (Å²) in [5, 5.41) is 0. The van der Waals surface area contributed by atoms with E-state index in [1.807, 2.05) is 0 Å². The fourth-order valence-electron chi connectivity index (χ4n) is 3.55. The fraction of sp³-hybridized carbons (Fsp3) is 0.632. The molecule has 1 amide bonds. The van der Waals surface area contributed by atoms with Crippen LogP contribution >= 0.6 is 0 Å². The van der Waals surface area contributed by atoms with E-state index in [1.165, 1.54) is 17.5 Å². The largest absolute Gasteiger partial charge is 0.340 e. The molecule has 0 atom stereocenters. The van der Waals surface area contributed by atoms with Crippen molar-refractivity contribution in [2.45, 2.75) is 46.1 Å². The van der Waals surface area contributed by atoms with E-state index in [-0.39, 0.29) is 5.41 Å². The molecular formula is C19H28N2O. The Hall–Kier alpha value is -1.35. The van der Waals surface area contributed by atoms with Crippen molar-refractivity contribution in [1.82, 2.24) is 9.80 Å². The van der Waals surface area contributed by atoms with Crippen molar-refractivity contribution in [3.63, 3.8) is 0 Å². The van der Waals surface area contributed by atoms with Crippen molar-refractivity contribution in [2.24, 2.45) is 5.41 Å². The van der Waals surface area contributed by atoms with Crippen LogP contribution < -0.4 is 0 Å². The van der Waals surface area contributed by atoms with E-state index in [9.17, 15) is 4.79 Å². The maximum atomic E-state index is 12.5. The molecule has 3 nitrogen and oxygen atoms in total. The number of aryl methyl sites for hydroxylation is 1. The van der Waals surface area contributed by atoms with Gasteiger partial charge in [0.25, 0.3) is 0 Å². The fourth-order valence-corrected chi connectivity index (χ4v) is 3.55. The van der Waals surface area contributed by atoms with Gasteiger partial charge in [-0.05, 0) is 30.4 Å². The summed E-state index contributed by atoms with van der Waals surface area (Å²) < 4.78 is 0. The normalized spacial score (nSPS) is 21.5. The number of benzene rings is 1. The molecule has 22 heavy (non-hydrogen) atoms. The van der Waals surface area contributed by atoms with Crippen LogP contribution in [-0.4, -0.2) is 41.9 Å². The number of rotatable bonds is 4. The molecule has 1 aromatic carbocycles. The van der Waals surface area contributed by atoms with Gasteiger partial charge < -0.3 is 4.90 Å². The Morgan fingerprint density at radius 1 is 1.05 bits per heavy atom. The first-order valence-electron chi connectivity index (χ1n) is 8.70. The van der Waals surface area contributed by atoms with Crippen LogP contribution in [0.5, 0.6) is 0 Å². The third-order valence-corrected chi connectivity index (χ3v) is 5.47. The summed E-state index contributed by atoms with van der Waals surface area (Å²) in [7, 11) is 0. The number of carbonyl (C=O) groups is 1. The van der Waals surface area contributed by atoms with Gasteiger partial charge in [0.05, 0.1) is 0 Å². The monoisotopic (exact) mass is 300 g/mol. The minimum atomic E-state index is -0.0435. The number of piperazine rings is 1.